The Morgan fingerprint density at radius 3 is 2.44 bits per heavy atom. The Morgan fingerprint density at radius 1 is 1.07 bits per heavy atom. The van der Waals surface area contributed by atoms with E-state index >= 15 is 0 Å². The van der Waals surface area contributed by atoms with E-state index < -0.39 is 75.2 Å². The van der Waals surface area contributed by atoms with Crippen LogP contribution in [0.25, 0.3) is 11.0 Å². The molecule has 1 aliphatic carbocycles. The van der Waals surface area contributed by atoms with Crippen LogP contribution >= 0.6 is 0 Å². The first kappa shape index (κ1) is 40.3. The van der Waals surface area contributed by atoms with Crippen LogP contribution in [-0.2, 0) is 34.1 Å². The number of nitrogens with one attached hydrogen (secondary N) is 3. The molecular formula is C36H49N7O10S. The fourth-order valence-corrected chi connectivity index (χ4v) is 7.07. The summed E-state index contributed by atoms with van der Waals surface area (Å²) < 4.78 is 45.2. The van der Waals surface area contributed by atoms with Crippen LogP contribution in [0.5, 0.6) is 5.88 Å². The summed E-state index contributed by atoms with van der Waals surface area (Å²) in [4.78, 5) is 78.6. The van der Waals surface area contributed by atoms with Crippen LogP contribution in [0.3, 0.4) is 0 Å². The van der Waals surface area contributed by atoms with Crippen LogP contribution in [-0.4, -0.2) is 114 Å². The van der Waals surface area contributed by atoms with Crippen LogP contribution in [0.1, 0.15) is 83.1 Å². The van der Waals surface area contributed by atoms with Crippen LogP contribution < -0.4 is 20.1 Å². The molecule has 0 unspecified atom stereocenters. The lowest BCUT2D eigenvalue weighted by molar-refractivity contribution is -0.141. The molecule has 5 rings (SSSR count). The second kappa shape index (κ2) is 16.3. The molecule has 3 N–H and O–H groups in total. The van der Waals surface area contributed by atoms with E-state index in [0.29, 0.717) is 30.3 Å². The largest absolute Gasteiger partial charge is 0.471 e. The van der Waals surface area contributed by atoms with Gasteiger partial charge in [-0.05, 0) is 65.5 Å². The van der Waals surface area contributed by atoms with Crippen LogP contribution in [0.2, 0.25) is 0 Å². The average Bonchev–Trinajstić information content (AvgIpc) is 3.62. The van der Waals surface area contributed by atoms with Crippen molar-refractivity contribution >= 4 is 51.0 Å². The maximum atomic E-state index is 14.5. The molecule has 1 aromatic carbocycles. The van der Waals surface area contributed by atoms with Gasteiger partial charge in [0, 0.05) is 26.4 Å². The number of hydrogen-bond donors (Lipinski definition) is 3. The van der Waals surface area contributed by atoms with Gasteiger partial charge in [-0.2, -0.15) is 12.7 Å². The molecule has 54 heavy (non-hydrogen) atoms. The zero-order chi connectivity index (χ0) is 39.4. The zero-order valence-electron chi connectivity index (χ0n) is 31.4. The summed E-state index contributed by atoms with van der Waals surface area (Å²) in [5.41, 5.74) is -1.80. The summed E-state index contributed by atoms with van der Waals surface area (Å²) >= 11 is 0. The molecule has 0 spiro atoms. The predicted octanol–water partition coefficient (Wildman–Crippen LogP) is 2.37. The van der Waals surface area contributed by atoms with Crippen molar-refractivity contribution in [2.75, 3.05) is 27.2 Å². The average molecular weight is 772 g/mol. The molecule has 1 saturated carbocycles. The molecule has 2 aliphatic heterocycles. The van der Waals surface area contributed by atoms with Gasteiger partial charge < -0.3 is 29.7 Å². The van der Waals surface area contributed by atoms with Gasteiger partial charge in [0.15, 0.2) is 0 Å². The molecule has 3 aliphatic rings. The van der Waals surface area contributed by atoms with Gasteiger partial charge in [0.1, 0.15) is 29.3 Å². The van der Waals surface area contributed by atoms with Gasteiger partial charge in [-0.25, -0.2) is 24.3 Å². The number of benzene rings is 1. The first-order valence-corrected chi connectivity index (χ1v) is 19.5. The first-order chi connectivity index (χ1) is 25.4. The number of carbonyl (C=O) groups is 5. The number of amides is 4. The topological polar surface area (TPSA) is 216 Å². The second-order valence-electron chi connectivity index (χ2n) is 14.8. The highest BCUT2D eigenvalue weighted by molar-refractivity contribution is 7.87. The van der Waals surface area contributed by atoms with Crippen molar-refractivity contribution in [3.63, 3.8) is 0 Å². The quantitative estimate of drug-likeness (QED) is 0.261. The van der Waals surface area contributed by atoms with E-state index in [0.717, 1.165) is 10.7 Å². The Balaban J connectivity index is 1.51. The number of allylic oxidation sites excluding steroid dienone is 1. The van der Waals surface area contributed by atoms with Gasteiger partial charge in [-0.1, -0.05) is 37.1 Å². The number of alkyl carbamates (subject to hydrolysis) is 1. The highest BCUT2D eigenvalue weighted by Crippen LogP contribution is 2.46. The third-order valence-electron chi connectivity index (χ3n) is 9.32. The molecular weight excluding hydrogens is 723 g/mol. The Bertz CT molecular complexity index is 1910. The maximum Gasteiger partial charge on any atom is 0.408 e. The van der Waals surface area contributed by atoms with E-state index in [1.807, 2.05) is 6.08 Å². The lowest BCUT2D eigenvalue weighted by Crippen LogP contribution is -2.58. The van der Waals surface area contributed by atoms with Gasteiger partial charge in [-0.15, -0.1) is 0 Å². The number of aromatic nitrogens is 2. The molecule has 0 bridgehead atoms. The van der Waals surface area contributed by atoms with E-state index in [4.69, 9.17) is 14.2 Å². The number of carbonyl (C=O) groups excluding carboxylic acids is 5. The molecule has 2 fully saturated rings. The monoisotopic (exact) mass is 771 g/mol. The number of hydrogen-bond acceptors (Lipinski definition) is 12. The van der Waals surface area contributed by atoms with Crippen molar-refractivity contribution in [1.82, 2.24) is 34.5 Å². The van der Waals surface area contributed by atoms with E-state index in [1.165, 1.54) is 19.0 Å². The molecule has 18 heteroatoms. The van der Waals surface area contributed by atoms with Crippen molar-refractivity contribution in [2.45, 2.75) is 102 Å². The van der Waals surface area contributed by atoms with Crippen LogP contribution in [0.4, 0.5) is 4.79 Å². The normalized spacial score (nSPS) is 25.6. The number of nitrogens with zero attached hydrogens (tertiary/aromatic N) is 4. The molecule has 0 radical (unpaired) electrons. The minimum absolute atomic E-state index is 0.0636. The Kier molecular flexibility index (Phi) is 12.1. The molecule has 1 aromatic heterocycles. The molecule has 294 valence electrons. The number of rotatable bonds is 8. The summed E-state index contributed by atoms with van der Waals surface area (Å²) in [5, 5.41) is 5.47. The lowest BCUT2D eigenvalue weighted by atomic mass is 10.0. The number of fused-ring (bicyclic) bond motifs is 3. The summed E-state index contributed by atoms with van der Waals surface area (Å²) in [6, 6.07) is 4.53. The fraction of sp³-hybridized carbons (Fsp3) is 0.583. The fourth-order valence-electron chi connectivity index (χ4n) is 6.47. The van der Waals surface area contributed by atoms with Crippen molar-refractivity contribution in [1.29, 1.82) is 0 Å². The van der Waals surface area contributed by atoms with E-state index in [2.05, 4.69) is 25.3 Å². The number of para-hydroxylation sites is 2. The van der Waals surface area contributed by atoms with E-state index in [1.54, 1.807) is 58.0 Å². The Labute approximate surface area is 314 Å². The van der Waals surface area contributed by atoms with Gasteiger partial charge >= 0.3 is 22.3 Å². The van der Waals surface area contributed by atoms with Crippen molar-refractivity contribution in [2.24, 2.45) is 5.92 Å². The van der Waals surface area contributed by atoms with Crippen LogP contribution in [0, 0.1) is 5.92 Å². The van der Waals surface area contributed by atoms with Gasteiger partial charge in [0.2, 0.25) is 23.4 Å². The summed E-state index contributed by atoms with van der Waals surface area (Å²) in [5.74, 6) is -3.68. The highest BCUT2D eigenvalue weighted by atomic mass is 32.2. The molecule has 4 amide bonds. The van der Waals surface area contributed by atoms with E-state index in [-0.39, 0.29) is 44.0 Å². The van der Waals surface area contributed by atoms with Crippen molar-refractivity contribution < 1.29 is 46.6 Å². The molecule has 5 atom stereocenters. The zero-order valence-corrected chi connectivity index (χ0v) is 32.2. The third-order valence-corrected chi connectivity index (χ3v) is 10.7. The second-order valence-corrected chi connectivity index (χ2v) is 16.7. The lowest BCUT2D eigenvalue weighted by Gasteiger charge is -2.30. The summed E-state index contributed by atoms with van der Waals surface area (Å²) in [6.07, 6.45) is 4.91. The summed E-state index contributed by atoms with van der Waals surface area (Å²) in [7, 11) is -1.67. The molecule has 17 nitrogen and oxygen atoms in total. The minimum Gasteiger partial charge on any atom is -0.471 e. The number of esters is 1. The minimum atomic E-state index is -4.20. The predicted molar refractivity (Wildman–Crippen MR) is 195 cm³/mol. The van der Waals surface area contributed by atoms with Gasteiger partial charge in [0.05, 0.1) is 24.2 Å². The van der Waals surface area contributed by atoms with Crippen LogP contribution in [0.15, 0.2) is 36.4 Å². The standard InChI is InChI=1S/C36H49N7O10S/c1-7-51-32(46)28-30(38-25-17-14-13-16-24(25)37-28)52-23-19-27-29(44)40-36(33(47)41-54(49,50)42(5)6)20-22(36)15-11-9-8-10-12-18-26(31(45)43(27)21-23)39-34(48)53-35(2,3)4/h11,13-17,22-23,26-27H,7-10,12,18-21H2,1-6H3,(H,39,48)(H,40,44)(H,41,47)/b15-11-/t22-,23-,26+,27+,36-/m1/s1. The van der Waals surface area contributed by atoms with Crippen molar-refractivity contribution in [3.8, 4) is 5.88 Å². The molecule has 1 saturated heterocycles. The smallest absolute Gasteiger partial charge is 0.408 e. The first-order valence-electron chi connectivity index (χ1n) is 18.1. The highest BCUT2D eigenvalue weighted by Gasteiger charge is 2.61. The summed E-state index contributed by atoms with van der Waals surface area (Å²) in [6.45, 7) is 6.63. The van der Waals surface area contributed by atoms with Crippen molar-refractivity contribution in [3.05, 3.63) is 42.1 Å². The SMILES string of the molecule is CCOC(=O)c1nc2ccccc2nc1O[C@@H]1C[C@H]2C(=O)N[C@]3(C(=O)NS(=O)(=O)N(C)C)C[C@H]3/C=C\CCCCC[C@H](NC(=O)OC(C)(C)C)C(=O)N2C1. The Morgan fingerprint density at radius 2 is 1.78 bits per heavy atom. The molecule has 2 aromatic rings. The number of ether oxygens (including phenoxy) is 3. The molecule has 3 heterocycles. The maximum absolute atomic E-state index is 14.5. The van der Waals surface area contributed by atoms with Gasteiger partial charge in [-0.3, -0.25) is 14.4 Å². The Hall–Kier alpha value is -4.84. The van der Waals surface area contributed by atoms with Gasteiger partial charge in [0.25, 0.3) is 5.91 Å². The third kappa shape index (κ3) is 9.44. The van der Waals surface area contributed by atoms with E-state index in [9.17, 15) is 32.4 Å².